The zero-order valence-corrected chi connectivity index (χ0v) is 21.4. The molecule has 38 heavy (non-hydrogen) atoms. The van der Waals surface area contributed by atoms with Crippen LogP contribution < -0.4 is 9.64 Å². The molecular weight excluding hydrogens is 542 g/mol. The van der Waals surface area contributed by atoms with Crippen LogP contribution in [0.25, 0.3) is 0 Å². The summed E-state index contributed by atoms with van der Waals surface area (Å²) in [5.41, 5.74) is -1.65. The monoisotopic (exact) mass is 568 g/mol. The standard InChI is InChI=1S/C24H26F6N2O5S/c1-14(22(33)34)13-37-20-11-21-19(10-18(20)24(28,29)30)32(16-6-4-15(25)5-7-16)12-17(8-9-23(2,26)27)31(3)38(21,35)36/h4-7,10-11,14,17H,8-9,12-13H2,1-3H3,(H,33,34)/t14-,17+/m0/s1. The second-order valence-electron chi connectivity index (χ2n) is 9.24. The Hall–Kier alpha value is -3.00. The number of aliphatic carboxylic acids is 1. The summed E-state index contributed by atoms with van der Waals surface area (Å²) < 4.78 is 116. The predicted molar refractivity (Wildman–Crippen MR) is 126 cm³/mol. The van der Waals surface area contributed by atoms with E-state index < -0.39 is 80.8 Å². The minimum absolute atomic E-state index is 0.132. The Bertz CT molecular complexity index is 1280. The number of hydrogen-bond acceptors (Lipinski definition) is 5. The molecule has 1 aliphatic heterocycles. The molecule has 0 unspecified atom stereocenters. The highest BCUT2D eigenvalue weighted by Crippen LogP contribution is 2.46. The van der Waals surface area contributed by atoms with Gasteiger partial charge in [0.25, 0.3) is 0 Å². The van der Waals surface area contributed by atoms with Gasteiger partial charge in [0.05, 0.1) is 17.2 Å². The smallest absolute Gasteiger partial charge is 0.420 e. The van der Waals surface area contributed by atoms with Crippen molar-refractivity contribution in [1.29, 1.82) is 0 Å². The summed E-state index contributed by atoms with van der Waals surface area (Å²) in [6.45, 7) is 0.886. The first-order chi connectivity index (χ1) is 17.4. The highest BCUT2D eigenvalue weighted by atomic mass is 32.2. The van der Waals surface area contributed by atoms with Crippen LogP contribution in [0.15, 0.2) is 41.3 Å². The lowest BCUT2D eigenvalue weighted by molar-refractivity contribution is -0.142. The molecule has 0 bridgehead atoms. The van der Waals surface area contributed by atoms with E-state index in [2.05, 4.69) is 0 Å². The van der Waals surface area contributed by atoms with Crippen LogP contribution in [0.3, 0.4) is 0 Å². The predicted octanol–water partition coefficient (Wildman–Crippen LogP) is 5.52. The molecule has 210 valence electrons. The van der Waals surface area contributed by atoms with Crippen molar-refractivity contribution in [3.8, 4) is 5.75 Å². The van der Waals surface area contributed by atoms with Gasteiger partial charge in [0.1, 0.15) is 23.1 Å². The average molecular weight is 569 g/mol. The quantitative estimate of drug-likeness (QED) is 0.422. The Balaban J connectivity index is 2.25. The van der Waals surface area contributed by atoms with Crippen LogP contribution in [0, 0.1) is 11.7 Å². The van der Waals surface area contributed by atoms with Gasteiger partial charge in [0.15, 0.2) is 0 Å². The molecule has 2 aromatic rings. The molecule has 1 N–H and O–H groups in total. The average Bonchev–Trinajstić information content (AvgIpc) is 2.88. The van der Waals surface area contributed by atoms with Gasteiger partial charge in [-0.3, -0.25) is 4.79 Å². The van der Waals surface area contributed by atoms with Crippen molar-refractivity contribution >= 4 is 27.4 Å². The van der Waals surface area contributed by atoms with E-state index in [1.54, 1.807) is 0 Å². The maximum atomic E-state index is 14.1. The number of hydrogen-bond donors (Lipinski definition) is 1. The molecule has 14 heteroatoms. The molecule has 7 nitrogen and oxygen atoms in total. The first-order valence-corrected chi connectivity index (χ1v) is 12.9. The first kappa shape index (κ1) is 29.6. The number of anilines is 2. The molecule has 1 heterocycles. The minimum atomic E-state index is -5.03. The van der Waals surface area contributed by atoms with Crippen molar-refractivity contribution in [2.24, 2.45) is 5.92 Å². The first-order valence-electron chi connectivity index (χ1n) is 11.4. The number of carboxylic acids is 1. The number of carboxylic acid groups (broad SMARTS) is 1. The second kappa shape index (κ2) is 10.6. The largest absolute Gasteiger partial charge is 0.492 e. The third-order valence-electron chi connectivity index (χ3n) is 6.19. The third-order valence-corrected chi connectivity index (χ3v) is 8.13. The highest BCUT2D eigenvalue weighted by molar-refractivity contribution is 7.89. The number of likely N-dealkylation sites (N-methyl/N-ethyl adjacent to an activating group) is 1. The van der Waals surface area contributed by atoms with Crippen LogP contribution in [-0.2, 0) is 21.0 Å². The molecule has 0 aromatic heterocycles. The number of nitrogens with zero attached hydrogens (tertiary/aromatic N) is 2. The van der Waals surface area contributed by atoms with Gasteiger partial charge in [-0.1, -0.05) is 0 Å². The van der Waals surface area contributed by atoms with Gasteiger partial charge in [0, 0.05) is 37.8 Å². The summed E-state index contributed by atoms with van der Waals surface area (Å²) >= 11 is 0. The van der Waals surface area contributed by atoms with Gasteiger partial charge in [-0.05, 0) is 50.6 Å². The van der Waals surface area contributed by atoms with Crippen molar-refractivity contribution in [3.05, 3.63) is 47.8 Å². The van der Waals surface area contributed by atoms with E-state index in [0.717, 1.165) is 23.5 Å². The molecule has 0 aliphatic carbocycles. The molecule has 1 aliphatic rings. The van der Waals surface area contributed by atoms with E-state index in [0.29, 0.717) is 19.1 Å². The van der Waals surface area contributed by atoms with Gasteiger partial charge in [0.2, 0.25) is 15.9 Å². The van der Waals surface area contributed by atoms with E-state index in [9.17, 15) is 39.6 Å². The maximum Gasteiger partial charge on any atom is 0.420 e. The molecular formula is C24H26F6N2O5S. The lowest BCUT2D eigenvalue weighted by Crippen LogP contribution is -2.41. The molecule has 0 radical (unpaired) electrons. The van der Waals surface area contributed by atoms with Crippen molar-refractivity contribution in [1.82, 2.24) is 4.31 Å². The van der Waals surface area contributed by atoms with Crippen LogP contribution >= 0.6 is 0 Å². The van der Waals surface area contributed by atoms with Crippen LogP contribution in [0.4, 0.5) is 37.7 Å². The Morgan fingerprint density at radius 2 is 1.76 bits per heavy atom. The van der Waals surface area contributed by atoms with Gasteiger partial charge >= 0.3 is 12.1 Å². The number of alkyl halides is 5. The number of ether oxygens (including phenoxy) is 1. The van der Waals surface area contributed by atoms with Crippen molar-refractivity contribution in [3.63, 3.8) is 0 Å². The number of carbonyl (C=O) groups is 1. The number of rotatable bonds is 8. The Kier molecular flexibility index (Phi) is 8.27. The van der Waals surface area contributed by atoms with Gasteiger partial charge in [-0.25, -0.2) is 21.6 Å². The topological polar surface area (TPSA) is 87.2 Å². The molecule has 0 saturated heterocycles. The van der Waals surface area contributed by atoms with E-state index >= 15 is 0 Å². The molecule has 2 aromatic carbocycles. The summed E-state index contributed by atoms with van der Waals surface area (Å²) in [5.74, 6) is -7.22. The Labute approximate surface area is 215 Å². The second-order valence-corrected chi connectivity index (χ2v) is 11.2. The molecule has 0 amide bonds. The van der Waals surface area contributed by atoms with E-state index in [1.807, 2.05) is 0 Å². The summed E-state index contributed by atoms with van der Waals surface area (Å²) in [6, 6.07) is 4.65. The van der Waals surface area contributed by atoms with Crippen molar-refractivity contribution in [2.45, 2.75) is 49.7 Å². The number of sulfonamides is 1. The fraction of sp³-hybridized carbons (Fsp3) is 0.458. The zero-order valence-electron chi connectivity index (χ0n) is 20.6. The van der Waals surface area contributed by atoms with Crippen LogP contribution in [0.5, 0.6) is 5.75 Å². The fourth-order valence-electron chi connectivity index (χ4n) is 3.93. The molecule has 3 rings (SSSR count). The lowest BCUT2D eigenvalue weighted by Gasteiger charge is -2.30. The summed E-state index contributed by atoms with van der Waals surface area (Å²) in [6.07, 6.45) is -6.05. The summed E-state index contributed by atoms with van der Waals surface area (Å²) in [7, 11) is -3.42. The third kappa shape index (κ3) is 6.52. The molecule has 0 saturated carbocycles. The van der Waals surface area contributed by atoms with Gasteiger partial charge in [-0.15, -0.1) is 0 Å². The van der Waals surface area contributed by atoms with E-state index in [4.69, 9.17) is 9.84 Å². The van der Waals surface area contributed by atoms with E-state index in [1.165, 1.54) is 24.0 Å². The Morgan fingerprint density at radius 1 is 1.16 bits per heavy atom. The van der Waals surface area contributed by atoms with Crippen LogP contribution in [0.1, 0.15) is 32.3 Å². The number of fused-ring (bicyclic) bond motifs is 1. The molecule has 0 fully saturated rings. The number of benzene rings is 2. The van der Waals surface area contributed by atoms with Crippen molar-refractivity contribution < 1.29 is 49.4 Å². The molecule has 0 spiro atoms. The molecule has 2 atom stereocenters. The van der Waals surface area contributed by atoms with Gasteiger partial charge < -0.3 is 14.7 Å². The minimum Gasteiger partial charge on any atom is -0.492 e. The normalized spacial score (nSPS) is 19.0. The fourth-order valence-corrected chi connectivity index (χ4v) is 5.49. The number of halogens is 6. The SMILES string of the molecule is C[C@@H](COc1cc2c(cc1C(F)(F)F)N(c1ccc(F)cc1)C[C@@H](CCC(C)(F)F)N(C)S2(=O)=O)C(=O)O. The van der Waals surface area contributed by atoms with Crippen LogP contribution in [0.2, 0.25) is 0 Å². The van der Waals surface area contributed by atoms with Gasteiger partial charge in [-0.2, -0.15) is 17.5 Å². The van der Waals surface area contributed by atoms with E-state index in [-0.39, 0.29) is 18.7 Å². The zero-order chi connectivity index (χ0) is 28.6. The Morgan fingerprint density at radius 3 is 2.29 bits per heavy atom. The van der Waals surface area contributed by atoms with Crippen LogP contribution in [-0.4, -0.2) is 56.0 Å². The summed E-state index contributed by atoms with van der Waals surface area (Å²) in [4.78, 5) is 11.7. The van der Waals surface area contributed by atoms with Crippen molar-refractivity contribution in [2.75, 3.05) is 25.1 Å². The highest BCUT2D eigenvalue weighted by Gasteiger charge is 2.42. The summed E-state index contributed by atoms with van der Waals surface area (Å²) in [5, 5.41) is 9.06. The maximum absolute atomic E-state index is 14.1. The lowest BCUT2D eigenvalue weighted by atomic mass is 10.1.